The maximum absolute atomic E-state index is 12.2. The SMILES string of the molecule is CCN(CC(=O)N(C)C)C(=O)C1(C#N)CCC1. The third kappa shape index (κ3) is 2.57. The van der Waals surface area contributed by atoms with Crippen LogP contribution in [0.4, 0.5) is 0 Å². The normalized spacial score (nSPS) is 16.6. The summed E-state index contributed by atoms with van der Waals surface area (Å²) < 4.78 is 0. The number of rotatable bonds is 4. The van der Waals surface area contributed by atoms with E-state index in [4.69, 9.17) is 5.26 Å². The molecule has 1 aliphatic rings. The first-order valence-corrected chi connectivity index (χ1v) is 5.87. The first-order chi connectivity index (χ1) is 7.96. The molecule has 5 nitrogen and oxygen atoms in total. The first-order valence-electron chi connectivity index (χ1n) is 5.87. The second kappa shape index (κ2) is 5.17. The Morgan fingerprint density at radius 3 is 2.24 bits per heavy atom. The Bertz CT molecular complexity index is 353. The molecule has 1 aliphatic carbocycles. The van der Waals surface area contributed by atoms with Crippen molar-refractivity contribution in [2.45, 2.75) is 26.2 Å². The van der Waals surface area contributed by atoms with Gasteiger partial charge >= 0.3 is 0 Å². The number of carbonyl (C=O) groups is 2. The van der Waals surface area contributed by atoms with Gasteiger partial charge in [-0.15, -0.1) is 0 Å². The molecule has 0 unspecified atom stereocenters. The second-order valence-corrected chi connectivity index (χ2v) is 4.65. The van der Waals surface area contributed by atoms with Crippen molar-refractivity contribution >= 4 is 11.8 Å². The van der Waals surface area contributed by atoms with E-state index in [1.54, 1.807) is 14.1 Å². The summed E-state index contributed by atoms with van der Waals surface area (Å²) in [4.78, 5) is 26.7. The Hall–Kier alpha value is -1.57. The summed E-state index contributed by atoms with van der Waals surface area (Å²) in [6.45, 7) is 2.35. The summed E-state index contributed by atoms with van der Waals surface area (Å²) in [7, 11) is 3.31. The van der Waals surface area contributed by atoms with E-state index in [2.05, 4.69) is 6.07 Å². The standard InChI is InChI=1S/C12H19N3O2/c1-4-15(8-10(16)14(2)3)11(17)12(9-13)6-5-7-12/h4-8H2,1-3H3. The predicted octanol–water partition coefficient (Wildman–Crippen LogP) is 0.617. The zero-order chi connectivity index (χ0) is 13.1. The number of hydrogen-bond donors (Lipinski definition) is 0. The number of amides is 2. The van der Waals surface area contributed by atoms with E-state index in [0.717, 1.165) is 6.42 Å². The minimum atomic E-state index is -0.859. The lowest BCUT2D eigenvalue weighted by Crippen LogP contribution is -2.50. The van der Waals surface area contributed by atoms with Crippen molar-refractivity contribution in [3.05, 3.63) is 0 Å². The van der Waals surface area contributed by atoms with Gasteiger partial charge in [0.15, 0.2) is 0 Å². The number of hydrogen-bond acceptors (Lipinski definition) is 3. The molecule has 0 bridgehead atoms. The van der Waals surface area contributed by atoms with E-state index in [1.165, 1.54) is 9.80 Å². The van der Waals surface area contributed by atoms with Gasteiger partial charge in [-0.25, -0.2) is 0 Å². The van der Waals surface area contributed by atoms with E-state index >= 15 is 0 Å². The van der Waals surface area contributed by atoms with Crippen molar-refractivity contribution in [3.63, 3.8) is 0 Å². The number of nitriles is 1. The van der Waals surface area contributed by atoms with Crippen LogP contribution in [0.3, 0.4) is 0 Å². The summed E-state index contributed by atoms with van der Waals surface area (Å²) in [5, 5.41) is 9.10. The Balaban J connectivity index is 2.71. The van der Waals surface area contributed by atoms with Crippen LogP contribution in [0.5, 0.6) is 0 Å². The lowest BCUT2D eigenvalue weighted by atomic mass is 9.69. The van der Waals surface area contributed by atoms with Gasteiger partial charge in [-0.05, 0) is 26.2 Å². The summed E-state index contributed by atoms with van der Waals surface area (Å²) >= 11 is 0. The topological polar surface area (TPSA) is 64.4 Å². The highest BCUT2D eigenvalue weighted by atomic mass is 16.2. The van der Waals surface area contributed by atoms with Crippen LogP contribution in [-0.4, -0.2) is 48.8 Å². The number of carbonyl (C=O) groups excluding carboxylic acids is 2. The molecule has 0 N–H and O–H groups in total. The molecule has 0 aromatic heterocycles. The van der Waals surface area contributed by atoms with Crippen LogP contribution in [0.25, 0.3) is 0 Å². The van der Waals surface area contributed by atoms with Gasteiger partial charge in [0, 0.05) is 20.6 Å². The summed E-state index contributed by atoms with van der Waals surface area (Å²) in [5.41, 5.74) is -0.859. The molecule has 0 aliphatic heterocycles. The molecular weight excluding hydrogens is 218 g/mol. The molecule has 0 aromatic rings. The fourth-order valence-corrected chi connectivity index (χ4v) is 1.84. The van der Waals surface area contributed by atoms with Gasteiger partial charge in [0.2, 0.25) is 11.8 Å². The third-order valence-electron chi connectivity index (χ3n) is 3.32. The fraction of sp³-hybridized carbons (Fsp3) is 0.750. The maximum Gasteiger partial charge on any atom is 0.243 e. The maximum atomic E-state index is 12.2. The van der Waals surface area contributed by atoms with Crippen LogP contribution in [0.15, 0.2) is 0 Å². The van der Waals surface area contributed by atoms with Crippen LogP contribution in [0.1, 0.15) is 26.2 Å². The molecule has 1 saturated carbocycles. The largest absolute Gasteiger partial charge is 0.347 e. The second-order valence-electron chi connectivity index (χ2n) is 4.65. The molecule has 0 spiro atoms. The Morgan fingerprint density at radius 1 is 1.35 bits per heavy atom. The quantitative estimate of drug-likeness (QED) is 0.720. The van der Waals surface area contributed by atoms with Crippen molar-refractivity contribution in [1.29, 1.82) is 5.26 Å². The zero-order valence-electron chi connectivity index (χ0n) is 10.7. The van der Waals surface area contributed by atoms with Crippen LogP contribution >= 0.6 is 0 Å². The highest BCUT2D eigenvalue weighted by Gasteiger charge is 2.46. The first kappa shape index (κ1) is 13.5. The molecule has 0 heterocycles. The molecule has 94 valence electrons. The van der Waals surface area contributed by atoms with Gasteiger partial charge in [0.05, 0.1) is 12.6 Å². The minimum absolute atomic E-state index is 0.0613. The smallest absolute Gasteiger partial charge is 0.243 e. The minimum Gasteiger partial charge on any atom is -0.347 e. The molecule has 0 aromatic carbocycles. The Morgan fingerprint density at radius 2 is 1.94 bits per heavy atom. The van der Waals surface area contributed by atoms with E-state index in [1.807, 2.05) is 6.92 Å². The van der Waals surface area contributed by atoms with E-state index in [0.29, 0.717) is 19.4 Å². The van der Waals surface area contributed by atoms with Crippen molar-refractivity contribution < 1.29 is 9.59 Å². The molecule has 17 heavy (non-hydrogen) atoms. The fourth-order valence-electron chi connectivity index (χ4n) is 1.84. The highest BCUT2D eigenvalue weighted by Crippen LogP contribution is 2.41. The number of nitrogens with zero attached hydrogens (tertiary/aromatic N) is 3. The molecule has 0 radical (unpaired) electrons. The lowest BCUT2D eigenvalue weighted by molar-refractivity contribution is -0.147. The van der Waals surface area contributed by atoms with Crippen LogP contribution in [0, 0.1) is 16.7 Å². The number of likely N-dealkylation sites (N-methyl/N-ethyl adjacent to an activating group) is 2. The Kier molecular flexibility index (Phi) is 4.11. The van der Waals surface area contributed by atoms with Gasteiger partial charge in [0.25, 0.3) is 0 Å². The predicted molar refractivity (Wildman–Crippen MR) is 62.8 cm³/mol. The monoisotopic (exact) mass is 237 g/mol. The molecule has 0 saturated heterocycles. The van der Waals surface area contributed by atoms with E-state index < -0.39 is 5.41 Å². The van der Waals surface area contributed by atoms with Crippen LogP contribution in [-0.2, 0) is 9.59 Å². The summed E-state index contributed by atoms with van der Waals surface area (Å²) in [6, 6.07) is 2.12. The molecule has 2 amide bonds. The van der Waals surface area contributed by atoms with E-state index in [9.17, 15) is 9.59 Å². The molecule has 0 atom stereocenters. The average molecular weight is 237 g/mol. The van der Waals surface area contributed by atoms with Gasteiger partial charge in [-0.2, -0.15) is 5.26 Å². The van der Waals surface area contributed by atoms with Crippen molar-refractivity contribution in [3.8, 4) is 6.07 Å². The molecule has 1 rings (SSSR count). The molecule has 1 fully saturated rings. The van der Waals surface area contributed by atoms with Crippen LogP contribution in [0.2, 0.25) is 0 Å². The average Bonchev–Trinajstić information content (AvgIpc) is 2.24. The molecular formula is C12H19N3O2. The van der Waals surface area contributed by atoms with Gasteiger partial charge < -0.3 is 9.80 Å². The lowest BCUT2D eigenvalue weighted by Gasteiger charge is -2.37. The molecule has 5 heteroatoms. The Labute approximate surface area is 102 Å². The van der Waals surface area contributed by atoms with Crippen molar-refractivity contribution in [2.75, 3.05) is 27.2 Å². The van der Waals surface area contributed by atoms with Gasteiger partial charge in [0.1, 0.15) is 5.41 Å². The van der Waals surface area contributed by atoms with Gasteiger partial charge in [-0.1, -0.05) is 0 Å². The van der Waals surface area contributed by atoms with Crippen LogP contribution < -0.4 is 0 Å². The van der Waals surface area contributed by atoms with Crippen molar-refractivity contribution in [1.82, 2.24) is 9.80 Å². The van der Waals surface area contributed by atoms with Crippen molar-refractivity contribution in [2.24, 2.45) is 5.41 Å². The van der Waals surface area contributed by atoms with Gasteiger partial charge in [-0.3, -0.25) is 9.59 Å². The summed E-state index contributed by atoms with van der Waals surface area (Å²) in [6.07, 6.45) is 2.16. The third-order valence-corrected chi connectivity index (χ3v) is 3.32. The zero-order valence-corrected chi connectivity index (χ0v) is 10.7. The highest BCUT2D eigenvalue weighted by molar-refractivity contribution is 5.90. The van der Waals surface area contributed by atoms with E-state index in [-0.39, 0.29) is 18.4 Å². The summed E-state index contributed by atoms with van der Waals surface area (Å²) in [5.74, 6) is -0.309.